The number of hydrogen-bond acceptors (Lipinski definition) is 2. The van der Waals surface area contributed by atoms with E-state index in [1.807, 2.05) is 0 Å². The van der Waals surface area contributed by atoms with E-state index in [1.54, 1.807) is 0 Å². The minimum atomic E-state index is 0.681. The number of hydrogen-bond donors (Lipinski definition) is 1. The summed E-state index contributed by atoms with van der Waals surface area (Å²) in [6, 6.07) is 0.681. The van der Waals surface area contributed by atoms with Crippen LogP contribution in [0.15, 0.2) is 0 Å². The largest absolute Gasteiger partial charge is 0.381 e. The zero-order valence-electron chi connectivity index (χ0n) is 9.01. The summed E-state index contributed by atoms with van der Waals surface area (Å²) in [5.41, 5.74) is 0. The van der Waals surface area contributed by atoms with Gasteiger partial charge < -0.3 is 10.1 Å². The lowest BCUT2D eigenvalue weighted by Crippen LogP contribution is -2.40. The van der Waals surface area contributed by atoms with Crippen molar-refractivity contribution in [2.24, 2.45) is 5.92 Å². The minimum absolute atomic E-state index is 0.681. The summed E-state index contributed by atoms with van der Waals surface area (Å²) in [4.78, 5) is 0. The smallest absolute Gasteiger partial charge is 0.0509 e. The van der Waals surface area contributed by atoms with Crippen LogP contribution in [-0.2, 0) is 4.74 Å². The monoisotopic (exact) mass is 185 g/mol. The molecule has 1 saturated heterocycles. The minimum Gasteiger partial charge on any atom is -0.381 e. The van der Waals surface area contributed by atoms with Crippen LogP contribution in [0.25, 0.3) is 0 Å². The molecule has 2 heteroatoms. The molecule has 1 rings (SSSR count). The Morgan fingerprint density at radius 2 is 2.31 bits per heavy atom. The van der Waals surface area contributed by atoms with Gasteiger partial charge >= 0.3 is 0 Å². The van der Waals surface area contributed by atoms with Gasteiger partial charge in [-0.25, -0.2) is 0 Å². The Kier molecular flexibility index (Phi) is 5.40. The van der Waals surface area contributed by atoms with Crippen LogP contribution < -0.4 is 5.32 Å². The molecule has 0 aromatic heterocycles. The summed E-state index contributed by atoms with van der Waals surface area (Å²) in [5.74, 6) is 0.755. The van der Waals surface area contributed by atoms with Crippen molar-refractivity contribution in [2.75, 3.05) is 19.8 Å². The molecular weight excluding hydrogens is 162 g/mol. The molecule has 0 aromatic rings. The number of ether oxygens (including phenoxy) is 1. The summed E-state index contributed by atoms with van der Waals surface area (Å²) in [5, 5.41) is 3.61. The maximum Gasteiger partial charge on any atom is 0.0509 e. The van der Waals surface area contributed by atoms with Crippen LogP contribution in [0.4, 0.5) is 0 Å². The molecule has 1 heterocycles. The fraction of sp³-hybridized carbons (Fsp3) is 1.00. The third-order valence-electron chi connectivity index (χ3n) is 2.86. The Morgan fingerprint density at radius 1 is 1.46 bits per heavy atom. The highest BCUT2D eigenvalue weighted by Crippen LogP contribution is 2.19. The van der Waals surface area contributed by atoms with Gasteiger partial charge in [0.15, 0.2) is 0 Å². The molecule has 2 atom stereocenters. The molecule has 2 nitrogen and oxygen atoms in total. The standard InChI is InChI=1S/C11H23NO/c1-3-7-12-11(4-2)10-6-5-8-13-9-10/h10-12H,3-9H2,1-2H3. The van der Waals surface area contributed by atoms with E-state index in [0.29, 0.717) is 6.04 Å². The van der Waals surface area contributed by atoms with Crippen molar-refractivity contribution in [3.05, 3.63) is 0 Å². The van der Waals surface area contributed by atoms with Gasteiger partial charge in [0, 0.05) is 12.6 Å². The van der Waals surface area contributed by atoms with Crippen LogP contribution in [0, 0.1) is 5.92 Å². The van der Waals surface area contributed by atoms with Gasteiger partial charge in [-0.1, -0.05) is 13.8 Å². The van der Waals surface area contributed by atoms with Crippen molar-refractivity contribution in [3.63, 3.8) is 0 Å². The Balaban J connectivity index is 2.26. The van der Waals surface area contributed by atoms with Gasteiger partial charge in [0.25, 0.3) is 0 Å². The van der Waals surface area contributed by atoms with Crippen LogP contribution in [0.2, 0.25) is 0 Å². The van der Waals surface area contributed by atoms with Crippen molar-refractivity contribution < 1.29 is 4.74 Å². The van der Waals surface area contributed by atoms with E-state index in [9.17, 15) is 0 Å². The van der Waals surface area contributed by atoms with Crippen LogP contribution in [0.1, 0.15) is 39.5 Å². The maximum atomic E-state index is 5.50. The third kappa shape index (κ3) is 3.65. The SMILES string of the molecule is CCCNC(CC)C1CCCOC1. The topological polar surface area (TPSA) is 21.3 Å². The second-order valence-corrected chi connectivity index (χ2v) is 3.95. The Morgan fingerprint density at radius 3 is 2.85 bits per heavy atom. The molecule has 0 spiro atoms. The fourth-order valence-corrected chi connectivity index (χ4v) is 2.06. The first-order chi connectivity index (χ1) is 6.38. The molecule has 1 aliphatic rings. The van der Waals surface area contributed by atoms with Crippen molar-refractivity contribution in [1.29, 1.82) is 0 Å². The average Bonchev–Trinajstić information content (AvgIpc) is 2.21. The normalized spacial score (nSPS) is 25.8. The molecule has 2 unspecified atom stereocenters. The molecule has 0 aromatic carbocycles. The summed E-state index contributed by atoms with van der Waals surface area (Å²) in [6.45, 7) is 7.57. The highest BCUT2D eigenvalue weighted by molar-refractivity contribution is 4.77. The van der Waals surface area contributed by atoms with E-state index in [1.165, 1.54) is 25.7 Å². The van der Waals surface area contributed by atoms with E-state index in [0.717, 1.165) is 25.7 Å². The van der Waals surface area contributed by atoms with Crippen molar-refractivity contribution in [3.8, 4) is 0 Å². The van der Waals surface area contributed by atoms with Gasteiger partial charge in [-0.3, -0.25) is 0 Å². The van der Waals surface area contributed by atoms with Crippen molar-refractivity contribution in [2.45, 2.75) is 45.6 Å². The van der Waals surface area contributed by atoms with Gasteiger partial charge in [-0.2, -0.15) is 0 Å². The predicted octanol–water partition coefficient (Wildman–Crippen LogP) is 2.19. The van der Waals surface area contributed by atoms with Crippen LogP contribution in [0.3, 0.4) is 0 Å². The summed E-state index contributed by atoms with van der Waals surface area (Å²) in [7, 11) is 0. The molecule has 0 saturated carbocycles. The third-order valence-corrected chi connectivity index (χ3v) is 2.86. The summed E-state index contributed by atoms with van der Waals surface area (Å²) < 4.78 is 5.50. The van der Waals surface area contributed by atoms with E-state index < -0.39 is 0 Å². The average molecular weight is 185 g/mol. The first-order valence-electron chi connectivity index (χ1n) is 5.69. The Labute approximate surface area is 82.0 Å². The number of rotatable bonds is 5. The molecule has 0 amide bonds. The Bertz CT molecular complexity index is 121. The summed E-state index contributed by atoms with van der Waals surface area (Å²) >= 11 is 0. The quantitative estimate of drug-likeness (QED) is 0.709. The van der Waals surface area contributed by atoms with E-state index in [-0.39, 0.29) is 0 Å². The molecular formula is C11H23NO. The van der Waals surface area contributed by atoms with Crippen LogP contribution in [-0.4, -0.2) is 25.8 Å². The van der Waals surface area contributed by atoms with Crippen LogP contribution in [0.5, 0.6) is 0 Å². The van der Waals surface area contributed by atoms with E-state index in [2.05, 4.69) is 19.2 Å². The molecule has 0 radical (unpaired) electrons. The van der Waals surface area contributed by atoms with Crippen molar-refractivity contribution >= 4 is 0 Å². The molecule has 1 aliphatic heterocycles. The molecule has 78 valence electrons. The van der Waals surface area contributed by atoms with Gasteiger partial charge in [0.05, 0.1) is 6.61 Å². The maximum absolute atomic E-state index is 5.50. The highest BCUT2D eigenvalue weighted by atomic mass is 16.5. The molecule has 0 bridgehead atoms. The zero-order chi connectivity index (χ0) is 9.52. The highest BCUT2D eigenvalue weighted by Gasteiger charge is 2.21. The second kappa shape index (κ2) is 6.39. The van der Waals surface area contributed by atoms with Gasteiger partial charge in [0.1, 0.15) is 0 Å². The lowest BCUT2D eigenvalue weighted by atomic mass is 9.92. The second-order valence-electron chi connectivity index (χ2n) is 3.95. The fourth-order valence-electron chi connectivity index (χ4n) is 2.06. The molecule has 1 N–H and O–H groups in total. The first kappa shape index (κ1) is 11.0. The van der Waals surface area contributed by atoms with Crippen LogP contribution >= 0.6 is 0 Å². The van der Waals surface area contributed by atoms with Gasteiger partial charge in [0.2, 0.25) is 0 Å². The Hall–Kier alpha value is -0.0800. The molecule has 1 fully saturated rings. The first-order valence-corrected chi connectivity index (χ1v) is 5.69. The number of nitrogens with one attached hydrogen (secondary N) is 1. The lowest BCUT2D eigenvalue weighted by Gasteiger charge is -2.30. The zero-order valence-corrected chi connectivity index (χ0v) is 9.01. The van der Waals surface area contributed by atoms with E-state index in [4.69, 9.17) is 4.74 Å². The van der Waals surface area contributed by atoms with Gasteiger partial charge in [-0.05, 0) is 38.1 Å². The lowest BCUT2D eigenvalue weighted by molar-refractivity contribution is 0.0387. The van der Waals surface area contributed by atoms with E-state index >= 15 is 0 Å². The predicted molar refractivity (Wildman–Crippen MR) is 55.9 cm³/mol. The molecule has 13 heavy (non-hydrogen) atoms. The van der Waals surface area contributed by atoms with Gasteiger partial charge in [-0.15, -0.1) is 0 Å². The molecule has 0 aliphatic carbocycles. The summed E-state index contributed by atoms with van der Waals surface area (Å²) in [6.07, 6.45) is 5.04. The van der Waals surface area contributed by atoms with Crippen molar-refractivity contribution in [1.82, 2.24) is 5.32 Å².